The number of benzene rings is 2. The molecule has 126 valence electrons. The Morgan fingerprint density at radius 3 is 2.20 bits per heavy atom. The summed E-state index contributed by atoms with van der Waals surface area (Å²) in [5.74, 6) is -0.145. The van der Waals surface area contributed by atoms with Crippen molar-refractivity contribution < 1.29 is 9.59 Å². The highest BCUT2D eigenvalue weighted by Crippen LogP contribution is 2.33. The van der Waals surface area contributed by atoms with Crippen LogP contribution < -0.4 is 0 Å². The summed E-state index contributed by atoms with van der Waals surface area (Å²) in [5.41, 5.74) is 1.50. The number of hydrogen-bond donors (Lipinski definition) is 0. The molecular formula is C18H11Br2NO2S2. The average Bonchev–Trinajstić information content (AvgIpc) is 2.85. The normalized spacial score (nSPS) is 15.9. The smallest absolute Gasteiger partial charge is 0.292 e. The van der Waals surface area contributed by atoms with E-state index in [2.05, 4.69) is 31.9 Å². The SMILES string of the molecule is O=C(CN1C(=O)S/C(=C/c2ccc(Br)cc2)C1=S)c1ccc(Br)cc1. The van der Waals surface area contributed by atoms with Gasteiger partial charge in [0.15, 0.2) is 5.78 Å². The van der Waals surface area contributed by atoms with Crippen molar-refractivity contribution in [3.8, 4) is 0 Å². The lowest BCUT2D eigenvalue weighted by Gasteiger charge is -2.13. The molecule has 25 heavy (non-hydrogen) atoms. The number of hydrogen-bond acceptors (Lipinski definition) is 4. The van der Waals surface area contributed by atoms with E-state index >= 15 is 0 Å². The number of carbonyl (C=O) groups is 2. The van der Waals surface area contributed by atoms with Crippen LogP contribution in [0.15, 0.2) is 62.4 Å². The molecule has 7 heteroatoms. The Bertz CT molecular complexity index is 877. The minimum atomic E-state index is -0.223. The van der Waals surface area contributed by atoms with Crippen molar-refractivity contribution in [2.45, 2.75) is 0 Å². The van der Waals surface area contributed by atoms with E-state index in [1.165, 1.54) is 4.90 Å². The number of halogens is 2. The van der Waals surface area contributed by atoms with Gasteiger partial charge in [0.2, 0.25) is 0 Å². The second kappa shape index (κ2) is 7.95. The van der Waals surface area contributed by atoms with Crippen LogP contribution in [0.5, 0.6) is 0 Å². The van der Waals surface area contributed by atoms with E-state index in [-0.39, 0.29) is 17.6 Å². The third-order valence-corrected chi connectivity index (χ3v) is 6.06. The fraction of sp³-hybridized carbons (Fsp3) is 0.0556. The van der Waals surface area contributed by atoms with E-state index in [1.807, 2.05) is 30.3 Å². The van der Waals surface area contributed by atoms with Crippen LogP contribution in [0.2, 0.25) is 0 Å². The monoisotopic (exact) mass is 495 g/mol. The average molecular weight is 497 g/mol. The maximum absolute atomic E-state index is 12.4. The predicted molar refractivity (Wildman–Crippen MR) is 113 cm³/mol. The molecule has 0 aliphatic carbocycles. The van der Waals surface area contributed by atoms with Crippen LogP contribution >= 0.6 is 55.8 Å². The first kappa shape index (κ1) is 18.5. The van der Waals surface area contributed by atoms with Crippen molar-refractivity contribution in [3.05, 3.63) is 73.5 Å². The fourth-order valence-corrected chi connectivity index (χ4v) is 3.98. The predicted octanol–water partition coefficient (Wildman–Crippen LogP) is 5.93. The van der Waals surface area contributed by atoms with Crippen molar-refractivity contribution in [2.75, 3.05) is 6.54 Å². The zero-order valence-corrected chi connectivity index (χ0v) is 17.5. The minimum absolute atomic E-state index is 0.0516. The van der Waals surface area contributed by atoms with Gasteiger partial charge in [0.1, 0.15) is 4.99 Å². The molecule has 0 N–H and O–H groups in total. The summed E-state index contributed by atoms with van der Waals surface area (Å²) in [7, 11) is 0. The highest BCUT2D eigenvalue weighted by molar-refractivity contribution is 9.10. The van der Waals surface area contributed by atoms with Gasteiger partial charge in [0.05, 0.1) is 11.4 Å². The van der Waals surface area contributed by atoms with Crippen molar-refractivity contribution in [3.63, 3.8) is 0 Å². The van der Waals surface area contributed by atoms with Gasteiger partial charge in [-0.15, -0.1) is 0 Å². The number of thiocarbonyl (C=S) groups is 1. The molecule has 2 aromatic carbocycles. The van der Waals surface area contributed by atoms with Gasteiger partial charge in [-0.05, 0) is 47.7 Å². The Morgan fingerprint density at radius 2 is 1.60 bits per heavy atom. The largest absolute Gasteiger partial charge is 0.292 e. The molecule has 1 heterocycles. The van der Waals surface area contributed by atoms with Gasteiger partial charge in [-0.1, -0.05) is 68.3 Å². The summed E-state index contributed by atoms with van der Waals surface area (Å²) in [5, 5.41) is -0.223. The molecule has 1 aliphatic rings. The van der Waals surface area contributed by atoms with Crippen LogP contribution in [0.1, 0.15) is 15.9 Å². The maximum Gasteiger partial charge on any atom is 0.292 e. The van der Waals surface area contributed by atoms with Gasteiger partial charge in [-0.25, -0.2) is 0 Å². The second-order valence-corrected chi connectivity index (χ2v) is 8.46. The zero-order chi connectivity index (χ0) is 18.0. The molecule has 0 saturated carbocycles. The zero-order valence-electron chi connectivity index (χ0n) is 12.7. The van der Waals surface area contributed by atoms with E-state index in [4.69, 9.17) is 12.2 Å². The fourth-order valence-electron chi connectivity index (χ4n) is 2.22. The Hall–Kier alpha value is -1.28. The molecule has 1 aliphatic heterocycles. The third kappa shape index (κ3) is 4.47. The summed E-state index contributed by atoms with van der Waals surface area (Å²) in [6.07, 6.45) is 1.86. The van der Waals surface area contributed by atoms with E-state index in [0.29, 0.717) is 15.5 Å². The van der Waals surface area contributed by atoms with Gasteiger partial charge in [0, 0.05) is 14.5 Å². The molecule has 0 unspecified atom stereocenters. The Balaban J connectivity index is 1.76. The summed E-state index contributed by atoms with van der Waals surface area (Å²) in [6, 6.07) is 14.7. The number of Topliss-reactive ketones (excluding diaryl/α,β-unsaturated/α-hetero) is 1. The molecule has 1 amide bonds. The highest BCUT2D eigenvalue weighted by Gasteiger charge is 2.33. The molecule has 0 radical (unpaired) electrons. The van der Waals surface area contributed by atoms with Crippen molar-refractivity contribution in [1.82, 2.24) is 4.90 Å². The number of rotatable bonds is 4. The Morgan fingerprint density at radius 1 is 1.04 bits per heavy atom. The second-order valence-electron chi connectivity index (χ2n) is 5.25. The number of carbonyl (C=O) groups excluding carboxylic acids is 2. The number of ketones is 1. The highest BCUT2D eigenvalue weighted by atomic mass is 79.9. The van der Waals surface area contributed by atoms with Gasteiger partial charge in [-0.3, -0.25) is 14.5 Å². The Labute approximate surface area is 171 Å². The molecule has 0 bridgehead atoms. The lowest BCUT2D eigenvalue weighted by molar-refractivity contribution is 0.0973. The first-order valence-electron chi connectivity index (χ1n) is 7.24. The minimum Gasteiger partial charge on any atom is -0.292 e. The first-order valence-corrected chi connectivity index (χ1v) is 10.0. The standard InChI is InChI=1S/C18H11Br2NO2S2/c19-13-5-1-11(2-6-13)9-16-17(24)21(18(23)25-16)10-15(22)12-3-7-14(20)8-4-12/h1-9H,10H2/b16-9+. The lowest BCUT2D eigenvalue weighted by Crippen LogP contribution is -2.32. The quantitative estimate of drug-likeness (QED) is 0.298. The van der Waals surface area contributed by atoms with Gasteiger partial charge in [-0.2, -0.15) is 0 Å². The topological polar surface area (TPSA) is 37.4 Å². The van der Waals surface area contributed by atoms with Gasteiger partial charge in [0.25, 0.3) is 5.24 Å². The molecule has 3 nitrogen and oxygen atoms in total. The van der Waals surface area contributed by atoms with Crippen LogP contribution in [-0.4, -0.2) is 27.5 Å². The molecule has 2 aromatic rings. The summed E-state index contributed by atoms with van der Waals surface area (Å²) >= 11 is 13.2. The van der Waals surface area contributed by atoms with E-state index in [0.717, 1.165) is 26.3 Å². The summed E-state index contributed by atoms with van der Waals surface area (Å²) < 4.78 is 1.88. The maximum atomic E-state index is 12.4. The number of nitrogens with zero attached hydrogens (tertiary/aromatic N) is 1. The summed E-state index contributed by atoms with van der Waals surface area (Å²) in [6.45, 7) is -0.0516. The molecule has 0 atom stereocenters. The molecular weight excluding hydrogens is 486 g/mol. The van der Waals surface area contributed by atoms with Crippen LogP contribution in [-0.2, 0) is 0 Å². The van der Waals surface area contributed by atoms with Crippen LogP contribution in [0.4, 0.5) is 4.79 Å². The number of amides is 1. The van der Waals surface area contributed by atoms with Crippen LogP contribution in [0.3, 0.4) is 0 Å². The molecule has 0 spiro atoms. The van der Waals surface area contributed by atoms with Crippen LogP contribution in [0, 0.1) is 0 Å². The van der Waals surface area contributed by atoms with E-state index < -0.39 is 0 Å². The van der Waals surface area contributed by atoms with Crippen molar-refractivity contribution in [1.29, 1.82) is 0 Å². The molecule has 0 aromatic heterocycles. The molecule has 1 fully saturated rings. The van der Waals surface area contributed by atoms with Crippen molar-refractivity contribution >= 4 is 77.9 Å². The van der Waals surface area contributed by atoms with Gasteiger partial charge >= 0.3 is 0 Å². The van der Waals surface area contributed by atoms with Crippen molar-refractivity contribution in [2.24, 2.45) is 0 Å². The van der Waals surface area contributed by atoms with Gasteiger partial charge < -0.3 is 0 Å². The van der Waals surface area contributed by atoms with E-state index in [1.54, 1.807) is 24.3 Å². The van der Waals surface area contributed by atoms with E-state index in [9.17, 15) is 9.59 Å². The summed E-state index contributed by atoms with van der Waals surface area (Å²) in [4.78, 5) is 27.1. The first-order chi connectivity index (χ1) is 11.9. The number of thioether (sulfide) groups is 1. The Kier molecular flexibility index (Phi) is 5.89. The lowest BCUT2D eigenvalue weighted by atomic mass is 10.1. The third-order valence-electron chi connectivity index (χ3n) is 3.51. The van der Waals surface area contributed by atoms with Crippen LogP contribution in [0.25, 0.3) is 6.08 Å². The molecule has 3 rings (SSSR count). The molecule has 1 saturated heterocycles.